The van der Waals surface area contributed by atoms with E-state index in [4.69, 9.17) is 9.84 Å². The van der Waals surface area contributed by atoms with Crippen LogP contribution in [0.4, 0.5) is 16.2 Å². The molecule has 28 heavy (non-hydrogen) atoms. The number of hydrogen-bond donors (Lipinski definition) is 3. The van der Waals surface area contributed by atoms with Gasteiger partial charge in [-0.15, -0.1) is 0 Å². The molecule has 0 bridgehead atoms. The smallest absolute Gasteiger partial charge is 0.323 e. The lowest BCUT2D eigenvalue weighted by molar-refractivity contribution is -0.142. The molecule has 0 saturated heterocycles. The number of methoxy groups -OCH3 is 1. The summed E-state index contributed by atoms with van der Waals surface area (Å²) in [5, 5.41) is 14.7. The lowest BCUT2D eigenvalue weighted by Crippen LogP contribution is -2.21. The number of carboxylic acids is 1. The first-order chi connectivity index (χ1) is 13.5. The number of anilines is 2. The number of nitrogens with zero attached hydrogens (tertiary/aromatic N) is 1. The lowest BCUT2D eigenvalue weighted by atomic mass is 9.80. The number of rotatable bonds is 5. The summed E-state index contributed by atoms with van der Waals surface area (Å²) in [7, 11) is 1.56. The van der Waals surface area contributed by atoms with Gasteiger partial charge >= 0.3 is 12.0 Å². The number of aryl methyl sites for hydroxylation is 1. The number of aromatic nitrogens is 1. The number of amides is 2. The van der Waals surface area contributed by atoms with Gasteiger partial charge in [0, 0.05) is 11.6 Å². The average molecular weight is 383 g/mol. The van der Waals surface area contributed by atoms with Gasteiger partial charge in [-0.1, -0.05) is 6.07 Å². The Morgan fingerprint density at radius 2 is 1.86 bits per heavy atom. The van der Waals surface area contributed by atoms with Crippen LogP contribution >= 0.6 is 0 Å². The fourth-order valence-corrected chi connectivity index (χ4v) is 3.56. The van der Waals surface area contributed by atoms with Gasteiger partial charge in [-0.25, -0.2) is 4.79 Å². The number of nitrogens with one attached hydrogen (secondary N) is 2. The second-order valence-corrected chi connectivity index (χ2v) is 7.14. The molecular formula is C21H25N3O4. The van der Waals surface area contributed by atoms with E-state index in [1.807, 2.05) is 31.2 Å². The molecule has 1 aromatic carbocycles. The van der Waals surface area contributed by atoms with E-state index >= 15 is 0 Å². The number of aliphatic carboxylic acids is 1. The van der Waals surface area contributed by atoms with Crippen LogP contribution in [0.25, 0.3) is 0 Å². The summed E-state index contributed by atoms with van der Waals surface area (Å²) in [6.07, 6.45) is 4.64. The van der Waals surface area contributed by atoms with Gasteiger partial charge in [0.1, 0.15) is 5.75 Å². The van der Waals surface area contributed by atoms with Crippen LogP contribution < -0.4 is 15.4 Å². The molecule has 0 radical (unpaired) electrons. The van der Waals surface area contributed by atoms with Gasteiger partial charge in [-0.05, 0) is 62.4 Å². The van der Waals surface area contributed by atoms with Gasteiger partial charge in [0.2, 0.25) is 0 Å². The van der Waals surface area contributed by atoms with Crippen molar-refractivity contribution in [2.24, 2.45) is 5.92 Å². The molecule has 1 aliphatic rings. The van der Waals surface area contributed by atoms with Crippen LogP contribution in [0.5, 0.6) is 5.75 Å². The Bertz CT molecular complexity index is 843. The highest BCUT2D eigenvalue weighted by atomic mass is 16.5. The van der Waals surface area contributed by atoms with Crippen molar-refractivity contribution in [1.29, 1.82) is 0 Å². The minimum absolute atomic E-state index is 0.237. The third kappa shape index (κ3) is 4.79. The molecular weight excluding hydrogens is 358 g/mol. The molecule has 0 spiro atoms. The van der Waals surface area contributed by atoms with Gasteiger partial charge in [-0.3, -0.25) is 9.78 Å². The Kier molecular flexibility index (Phi) is 6.13. The van der Waals surface area contributed by atoms with Crippen molar-refractivity contribution in [1.82, 2.24) is 4.98 Å². The van der Waals surface area contributed by atoms with Crippen LogP contribution in [0.15, 0.2) is 36.5 Å². The Balaban J connectivity index is 1.58. The third-order valence-corrected chi connectivity index (χ3v) is 5.14. The van der Waals surface area contributed by atoms with E-state index in [0.29, 0.717) is 30.0 Å². The zero-order valence-corrected chi connectivity index (χ0v) is 16.1. The van der Waals surface area contributed by atoms with Crippen molar-refractivity contribution < 1.29 is 19.4 Å². The van der Waals surface area contributed by atoms with Crippen molar-refractivity contribution in [3.05, 3.63) is 47.8 Å². The van der Waals surface area contributed by atoms with Gasteiger partial charge < -0.3 is 20.5 Å². The summed E-state index contributed by atoms with van der Waals surface area (Å²) in [5.41, 5.74) is 3.14. The van der Waals surface area contributed by atoms with Gasteiger partial charge in [-0.2, -0.15) is 0 Å². The van der Waals surface area contributed by atoms with Gasteiger partial charge in [0.05, 0.1) is 30.6 Å². The molecule has 1 aromatic heterocycles. The summed E-state index contributed by atoms with van der Waals surface area (Å²) < 4.78 is 5.27. The molecule has 2 amide bonds. The normalized spacial score (nSPS) is 18.9. The number of carbonyl (C=O) groups excluding carboxylic acids is 1. The molecule has 1 fully saturated rings. The zero-order valence-electron chi connectivity index (χ0n) is 16.1. The number of benzene rings is 1. The molecule has 1 saturated carbocycles. The van der Waals surface area contributed by atoms with Crippen molar-refractivity contribution in [3.8, 4) is 5.75 Å². The van der Waals surface area contributed by atoms with Crippen LogP contribution in [0, 0.1) is 12.8 Å². The molecule has 1 aliphatic carbocycles. The van der Waals surface area contributed by atoms with E-state index in [2.05, 4.69) is 15.6 Å². The fraction of sp³-hybridized carbons (Fsp3) is 0.381. The topological polar surface area (TPSA) is 101 Å². The Labute approximate surface area is 164 Å². The molecule has 148 valence electrons. The number of carbonyl (C=O) groups is 2. The summed E-state index contributed by atoms with van der Waals surface area (Å²) >= 11 is 0. The van der Waals surface area contributed by atoms with Crippen LogP contribution in [-0.2, 0) is 4.79 Å². The second-order valence-electron chi connectivity index (χ2n) is 7.14. The Morgan fingerprint density at radius 1 is 1.11 bits per heavy atom. The number of urea groups is 1. The zero-order chi connectivity index (χ0) is 20.1. The lowest BCUT2D eigenvalue weighted by Gasteiger charge is -2.25. The molecule has 7 nitrogen and oxygen atoms in total. The maximum absolute atomic E-state index is 12.3. The van der Waals surface area contributed by atoms with Crippen molar-refractivity contribution >= 4 is 23.4 Å². The van der Waals surface area contributed by atoms with Crippen molar-refractivity contribution in [2.75, 3.05) is 17.7 Å². The molecule has 3 N–H and O–H groups in total. The van der Waals surface area contributed by atoms with E-state index in [-0.39, 0.29) is 17.9 Å². The highest BCUT2D eigenvalue weighted by molar-refractivity contribution is 6.00. The largest absolute Gasteiger partial charge is 0.495 e. The van der Waals surface area contributed by atoms with E-state index in [0.717, 1.165) is 24.1 Å². The third-order valence-electron chi connectivity index (χ3n) is 5.14. The molecule has 7 heteroatoms. The van der Waals surface area contributed by atoms with Crippen LogP contribution in [0.1, 0.15) is 42.9 Å². The summed E-state index contributed by atoms with van der Waals surface area (Å²) in [4.78, 5) is 27.8. The number of ether oxygens (including phenoxy) is 1. The minimum Gasteiger partial charge on any atom is -0.495 e. The van der Waals surface area contributed by atoms with E-state index < -0.39 is 5.97 Å². The summed E-state index contributed by atoms with van der Waals surface area (Å²) in [6, 6.07) is 8.90. The van der Waals surface area contributed by atoms with E-state index in [9.17, 15) is 9.59 Å². The minimum atomic E-state index is -0.706. The van der Waals surface area contributed by atoms with Crippen molar-refractivity contribution in [3.63, 3.8) is 0 Å². The SMILES string of the molecule is COc1ccc(C)cc1NC(=O)Nc1ccc(C2CCC(C(=O)O)CC2)nc1. The maximum Gasteiger partial charge on any atom is 0.323 e. The van der Waals surface area contributed by atoms with Gasteiger partial charge in [0.15, 0.2) is 0 Å². The first kappa shape index (κ1) is 19.7. The molecule has 2 aromatic rings. The number of carboxylic acid groups (broad SMARTS) is 1. The summed E-state index contributed by atoms with van der Waals surface area (Å²) in [6.45, 7) is 1.94. The first-order valence-corrected chi connectivity index (χ1v) is 9.37. The quantitative estimate of drug-likeness (QED) is 0.710. The maximum atomic E-state index is 12.3. The second kappa shape index (κ2) is 8.73. The molecule has 1 heterocycles. The van der Waals surface area contributed by atoms with E-state index in [1.165, 1.54) is 0 Å². The average Bonchev–Trinajstić information content (AvgIpc) is 2.69. The van der Waals surface area contributed by atoms with Crippen LogP contribution in [0.2, 0.25) is 0 Å². The molecule has 0 unspecified atom stereocenters. The van der Waals surface area contributed by atoms with Crippen LogP contribution in [-0.4, -0.2) is 29.2 Å². The molecule has 0 aliphatic heterocycles. The molecule has 0 atom stereocenters. The standard InChI is InChI=1S/C21H25N3O4/c1-13-3-10-19(28-2)18(11-13)24-21(27)23-16-8-9-17(22-12-16)14-4-6-15(7-5-14)20(25)26/h3,8-12,14-15H,4-7H2,1-2H3,(H,25,26)(H2,23,24,27). The Morgan fingerprint density at radius 3 is 2.46 bits per heavy atom. The number of pyridine rings is 1. The van der Waals surface area contributed by atoms with Crippen molar-refractivity contribution in [2.45, 2.75) is 38.5 Å². The van der Waals surface area contributed by atoms with Gasteiger partial charge in [0.25, 0.3) is 0 Å². The predicted octanol–water partition coefficient (Wildman–Crippen LogP) is 4.40. The van der Waals surface area contributed by atoms with Crippen LogP contribution in [0.3, 0.4) is 0 Å². The monoisotopic (exact) mass is 383 g/mol. The highest BCUT2D eigenvalue weighted by Crippen LogP contribution is 2.35. The first-order valence-electron chi connectivity index (χ1n) is 9.37. The highest BCUT2D eigenvalue weighted by Gasteiger charge is 2.27. The predicted molar refractivity (Wildman–Crippen MR) is 107 cm³/mol. The summed E-state index contributed by atoms with van der Waals surface area (Å²) in [5.74, 6) is -0.0806. The number of hydrogen-bond acceptors (Lipinski definition) is 4. The van der Waals surface area contributed by atoms with E-state index in [1.54, 1.807) is 19.4 Å². The Hall–Kier alpha value is -3.09. The fourth-order valence-electron chi connectivity index (χ4n) is 3.56. The molecule has 3 rings (SSSR count).